The Kier molecular flexibility index (Phi) is 10.0. The number of hydrogen-bond donors (Lipinski definition) is 3. The van der Waals surface area contributed by atoms with Crippen LogP contribution in [0, 0.1) is 5.82 Å². The predicted molar refractivity (Wildman–Crippen MR) is 113 cm³/mol. The van der Waals surface area contributed by atoms with Gasteiger partial charge in [-0.15, -0.1) is 24.0 Å². The van der Waals surface area contributed by atoms with Gasteiger partial charge in [0, 0.05) is 43.7 Å². The predicted octanol–water partition coefficient (Wildman–Crippen LogP) is 2.98. The minimum absolute atomic E-state index is 0. The average molecular weight is 476 g/mol. The van der Waals surface area contributed by atoms with Crippen LogP contribution in [-0.2, 0) is 16.0 Å². The number of guanidine groups is 1. The first-order valence-corrected chi connectivity index (χ1v) is 8.49. The number of carbonyl (C=O) groups excluding carboxylic acids is 1. The Labute approximate surface area is 170 Å². The number of fused-ring (bicyclic) bond motifs is 1. The lowest BCUT2D eigenvalue weighted by atomic mass is 10.1. The fourth-order valence-electron chi connectivity index (χ4n) is 2.57. The van der Waals surface area contributed by atoms with Gasteiger partial charge >= 0.3 is 5.97 Å². The third-order valence-electron chi connectivity index (χ3n) is 3.80. The summed E-state index contributed by atoms with van der Waals surface area (Å²) in [5.74, 6) is 0.258. The second kappa shape index (κ2) is 11.7. The summed E-state index contributed by atoms with van der Waals surface area (Å²) in [6, 6.07) is 4.73. The summed E-state index contributed by atoms with van der Waals surface area (Å²) < 4.78 is 18.3. The molecule has 1 heterocycles. The molecule has 0 atom stereocenters. The third-order valence-corrected chi connectivity index (χ3v) is 3.80. The van der Waals surface area contributed by atoms with Gasteiger partial charge in [-0.2, -0.15) is 0 Å². The Bertz CT molecular complexity index is 733. The van der Waals surface area contributed by atoms with E-state index in [0.29, 0.717) is 38.5 Å². The van der Waals surface area contributed by atoms with Crippen molar-refractivity contribution in [1.82, 2.24) is 15.6 Å². The minimum Gasteiger partial charge on any atom is -0.466 e. The molecule has 1 aromatic heterocycles. The molecular weight excluding hydrogens is 450 g/mol. The first-order valence-electron chi connectivity index (χ1n) is 8.49. The van der Waals surface area contributed by atoms with Gasteiger partial charge in [-0.25, -0.2) is 4.39 Å². The van der Waals surface area contributed by atoms with Crippen molar-refractivity contribution < 1.29 is 13.9 Å². The van der Waals surface area contributed by atoms with E-state index < -0.39 is 0 Å². The largest absolute Gasteiger partial charge is 0.466 e. The van der Waals surface area contributed by atoms with Gasteiger partial charge in [0.1, 0.15) is 5.82 Å². The number of rotatable bonds is 8. The molecule has 0 aliphatic rings. The van der Waals surface area contributed by atoms with Gasteiger partial charge in [0.05, 0.1) is 6.61 Å². The maximum Gasteiger partial charge on any atom is 0.305 e. The van der Waals surface area contributed by atoms with Crippen LogP contribution in [0.3, 0.4) is 0 Å². The lowest BCUT2D eigenvalue weighted by Crippen LogP contribution is -2.38. The van der Waals surface area contributed by atoms with E-state index in [0.717, 1.165) is 22.9 Å². The van der Waals surface area contributed by atoms with Crippen LogP contribution in [0.25, 0.3) is 10.9 Å². The lowest BCUT2D eigenvalue weighted by molar-refractivity contribution is -0.143. The maximum atomic E-state index is 13.4. The van der Waals surface area contributed by atoms with Crippen LogP contribution in [0.15, 0.2) is 29.4 Å². The molecule has 26 heavy (non-hydrogen) atoms. The van der Waals surface area contributed by atoms with E-state index in [1.807, 2.05) is 6.20 Å². The zero-order valence-corrected chi connectivity index (χ0v) is 17.4. The monoisotopic (exact) mass is 476 g/mol. The summed E-state index contributed by atoms with van der Waals surface area (Å²) in [7, 11) is 1.70. The second-order valence-corrected chi connectivity index (χ2v) is 5.59. The zero-order valence-electron chi connectivity index (χ0n) is 15.1. The molecule has 0 unspecified atom stereocenters. The highest BCUT2D eigenvalue weighted by molar-refractivity contribution is 14.0. The molecule has 0 bridgehead atoms. The number of aliphatic imine (C=N–C) groups is 1. The normalized spacial score (nSPS) is 11.1. The van der Waals surface area contributed by atoms with Crippen molar-refractivity contribution in [2.75, 3.05) is 26.7 Å². The smallest absolute Gasteiger partial charge is 0.305 e. The number of halogens is 2. The Hall–Kier alpha value is -1.84. The van der Waals surface area contributed by atoms with E-state index >= 15 is 0 Å². The van der Waals surface area contributed by atoms with E-state index in [2.05, 4.69) is 20.6 Å². The van der Waals surface area contributed by atoms with Crippen molar-refractivity contribution in [2.45, 2.75) is 26.2 Å². The van der Waals surface area contributed by atoms with Gasteiger partial charge in [-0.05, 0) is 43.5 Å². The fraction of sp³-hybridized carbons (Fsp3) is 0.444. The Morgan fingerprint density at radius 1 is 1.31 bits per heavy atom. The highest BCUT2D eigenvalue weighted by Gasteiger charge is 2.06. The van der Waals surface area contributed by atoms with Crippen molar-refractivity contribution in [3.05, 3.63) is 35.8 Å². The van der Waals surface area contributed by atoms with E-state index in [1.54, 1.807) is 26.1 Å². The second-order valence-electron chi connectivity index (χ2n) is 5.59. The Morgan fingerprint density at radius 2 is 2.08 bits per heavy atom. The molecule has 6 nitrogen and oxygen atoms in total. The molecule has 0 radical (unpaired) electrons. The first kappa shape index (κ1) is 22.2. The van der Waals surface area contributed by atoms with E-state index in [9.17, 15) is 9.18 Å². The molecule has 1 aromatic carbocycles. The van der Waals surface area contributed by atoms with Gasteiger partial charge in [0.25, 0.3) is 0 Å². The molecule has 0 saturated carbocycles. The number of hydrogen-bond acceptors (Lipinski definition) is 3. The molecule has 0 fully saturated rings. The quantitative estimate of drug-likeness (QED) is 0.180. The van der Waals surface area contributed by atoms with Crippen molar-refractivity contribution in [1.29, 1.82) is 0 Å². The summed E-state index contributed by atoms with van der Waals surface area (Å²) in [5, 5.41) is 7.27. The van der Waals surface area contributed by atoms with Gasteiger partial charge < -0.3 is 20.4 Å². The maximum absolute atomic E-state index is 13.4. The third kappa shape index (κ3) is 6.81. The molecule has 144 valence electrons. The number of aromatic nitrogens is 1. The van der Waals surface area contributed by atoms with Crippen LogP contribution < -0.4 is 10.6 Å². The zero-order chi connectivity index (χ0) is 18.1. The molecule has 2 rings (SSSR count). The van der Waals surface area contributed by atoms with Gasteiger partial charge in [0.15, 0.2) is 5.96 Å². The van der Waals surface area contributed by atoms with E-state index in [4.69, 9.17) is 4.74 Å². The van der Waals surface area contributed by atoms with Crippen LogP contribution >= 0.6 is 24.0 Å². The number of H-pyrrole nitrogens is 1. The number of ether oxygens (including phenoxy) is 1. The standard InChI is InChI=1S/C18H25FN4O2.HI/c1-3-25-17(24)5-4-9-21-18(20-2)22-10-8-13-12-23-16-7-6-14(19)11-15(13)16;/h6-7,11-12,23H,3-5,8-10H2,1-2H3,(H2,20,21,22);1H. The van der Waals surface area contributed by atoms with E-state index in [-0.39, 0.29) is 35.8 Å². The Morgan fingerprint density at radius 3 is 2.81 bits per heavy atom. The number of carbonyl (C=O) groups is 1. The Balaban J connectivity index is 0.00000338. The van der Waals surface area contributed by atoms with Crippen LogP contribution in [0.5, 0.6) is 0 Å². The fourth-order valence-corrected chi connectivity index (χ4v) is 2.57. The summed E-state index contributed by atoms with van der Waals surface area (Å²) >= 11 is 0. The summed E-state index contributed by atoms with van der Waals surface area (Å²) in [4.78, 5) is 18.6. The molecule has 0 aliphatic heterocycles. The van der Waals surface area contributed by atoms with Crippen molar-refractivity contribution >= 4 is 46.8 Å². The molecule has 2 aromatic rings. The van der Waals surface area contributed by atoms with Crippen molar-refractivity contribution in [3.63, 3.8) is 0 Å². The molecule has 0 spiro atoms. The van der Waals surface area contributed by atoms with Crippen LogP contribution in [0.2, 0.25) is 0 Å². The number of nitrogens with one attached hydrogen (secondary N) is 3. The molecule has 0 amide bonds. The van der Waals surface area contributed by atoms with Crippen LogP contribution in [-0.4, -0.2) is 43.7 Å². The average Bonchev–Trinajstić information content (AvgIpc) is 2.99. The van der Waals surface area contributed by atoms with Crippen molar-refractivity contribution in [3.8, 4) is 0 Å². The number of benzene rings is 1. The number of esters is 1. The SMILES string of the molecule is CCOC(=O)CCCNC(=NC)NCCc1c[nH]c2ccc(F)cc12.I. The lowest BCUT2D eigenvalue weighted by Gasteiger charge is -2.11. The molecule has 3 N–H and O–H groups in total. The first-order chi connectivity index (χ1) is 12.1. The number of nitrogens with zero attached hydrogens (tertiary/aromatic N) is 1. The van der Waals surface area contributed by atoms with E-state index in [1.165, 1.54) is 6.07 Å². The van der Waals surface area contributed by atoms with Crippen molar-refractivity contribution in [2.24, 2.45) is 4.99 Å². The highest BCUT2D eigenvalue weighted by Crippen LogP contribution is 2.19. The summed E-state index contributed by atoms with van der Waals surface area (Å²) in [6.07, 6.45) is 3.72. The van der Waals surface area contributed by atoms with Gasteiger partial charge in [0.2, 0.25) is 0 Å². The molecule has 0 aliphatic carbocycles. The molecule has 8 heteroatoms. The van der Waals surface area contributed by atoms with Gasteiger partial charge in [-0.3, -0.25) is 9.79 Å². The highest BCUT2D eigenvalue weighted by atomic mass is 127. The molecular formula is C18H26FIN4O2. The van der Waals surface area contributed by atoms with Crippen LogP contribution in [0.4, 0.5) is 4.39 Å². The molecule has 0 saturated heterocycles. The van der Waals surface area contributed by atoms with Gasteiger partial charge in [-0.1, -0.05) is 0 Å². The topological polar surface area (TPSA) is 78.5 Å². The number of aromatic amines is 1. The summed E-state index contributed by atoms with van der Waals surface area (Å²) in [5.41, 5.74) is 1.98. The minimum atomic E-state index is -0.236. The summed E-state index contributed by atoms with van der Waals surface area (Å²) in [6.45, 7) is 3.51. The van der Waals surface area contributed by atoms with Crippen LogP contribution in [0.1, 0.15) is 25.3 Å².